The van der Waals surface area contributed by atoms with Crippen LogP contribution in [0.4, 0.5) is 0 Å². The summed E-state index contributed by atoms with van der Waals surface area (Å²) in [6.07, 6.45) is 0. The van der Waals surface area contributed by atoms with Crippen molar-refractivity contribution in [1.29, 1.82) is 0 Å². The van der Waals surface area contributed by atoms with Crippen LogP contribution in [-0.4, -0.2) is 45.5 Å². The van der Waals surface area contributed by atoms with E-state index in [-0.39, 0.29) is 5.91 Å². The zero-order chi connectivity index (χ0) is 11.4. The Morgan fingerprint density at radius 2 is 1.87 bits per heavy atom. The van der Waals surface area contributed by atoms with E-state index < -0.39 is 11.0 Å². The van der Waals surface area contributed by atoms with Crippen LogP contribution in [0.5, 0.6) is 0 Å². The van der Waals surface area contributed by atoms with Crippen molar-refractivity contribution in [2.75, 3.05) is 26.2 Å². The molecule has 0 aliphatic carbocycles. The van der Waals surface area contributed by atoms with Crippen LogP contribution in [0.2, 0.25) is 0 Å². The molecule has 0 N–H and O–H groups in total. The normalized spacial score (nSPS) is 19.7. The molecule has 1 rings (SSSR count). The minimum Gasteiger partial charge on any atom is -0.336 e. The molecule has 0 aromatic rings. The van der Waals surface area contributed by atoms with Crippen LogP contribution >= 0.6 is 0 Å². The summed E-state index contributed by atoms with van der Waals surface area (Å²) in [6.45, 7) is 11.3. The maximum absolute atomic E-state index is 11.6. The molecule has 1 aliphatic rings. The number of rotatable bonds is 3. The topological polar surface area (TPSA) is 40.6 Å². The van der Waals surface area contributed by atoms with Gasteiger partial charge in [-0.25, -0.2) is 8.51 Å². The summed E-state index contributed by atoms with van der Waals surface area (Å²) in [7, 11) is -1.12. The first-order chi connectivity index (χ1) is 7.06. The van der Waals surface area contributed by atoms with Crippen molar-refractivity contribution in [2.24, 2.45) is 0 Å². The third kappa shape index (κ3) is 3.00. The zero-order valence-corrected chi connectivity index (χ0v) is 9.76. The van der Waals surface area contributed by atoms with Gasteiger partial charge in [0.2, 0.25) is 5.91 Å². The van der Waals surface area contributed by atoms with Crippen LogP contribution in [0.1, 0.15) is 6.92 Å². The van der Waals surface area contributed by atoms with Gasteiger partial charge in [0.25, 0.3) is 0 Å². The maximum Gasteiger partial charge on any atom is 0.248 e. The lowest BCUT2D eigenvalue weighted by molar-refractivity contribution is -0.128. The lowest BCUT2D eigenvalue weighted by Crippen LogP contribution is -2.48. The highest BCUT2D eigenvalue weighted by Crippen LogP contribution is 2.07. The third-order valence-corrected chi connectivity index (χ3v) is 3.45. The van der Waals surface area contributed by atoms with Gasteiger partial charge in [0.1, 0.15) is 11.0 Å². The van der Waals surface area contributed by atoms with E-state index in [1.807, 2.05) is 0 Å². The fourth-order valence-corrected chi connectivity index (χ4v) is 2.18. The monoisotopic (exact) mass is 228 g/mol. The van der Waals surface area contributed by atoms with E-state index in [2.05, 4.69) is 13.2 Å². The first-order valence-electron chi connectivity index (χ1n) is 4.79. The molecule has 0 radical (unpaired) electrons. The van der Waals surface area contributed by atoms with Crippen LogP contribution in [0.3, 0.4) is 0 Å². The molecule has 84 valence electrons. The molecule has 1 unspecified atom stereocenters. The molecule has 1 aliphatic heterocycles. The molecule has 1 atom stereocenters. The van der Waals surface area contributed by atoms with Crippen LogP contribution in [0, 0.1) is 0 Å². The second-order valence-corrected chi connectivity index (χ2v) is 4.85. The van der Waals surface area contributed by atoms with Gasteiger partial charge in [0.15, 0.2) is 0 Å². The molecule has 0 spiro atoms. The summed E-state index contributed by atoms with van der Waals surface area (Å²) in [5, 5.41) is 1.41. The zero-order valence-electron chi connectivity index (χ0n) is 8.94. The van der Waals surface area contributed by atoms with Gasteiger partial charge >= 0.3 is 0 Å². The van der Waals surface area contributed by atoms with Crippen molar-refractivity contribution < 1.29 is 9.00 Å². The van der Waals surface area contributed by atoms with Gasteiger partial charge in [0.05, 0.1) is 0 Å². The molecule has 0 aromatic heterocycles. The van der Waals surface area contributed by atoms with Crippen molar-refractivity contribution in [2.45, 2.75) is 6.92 Å². The number of carbonyl (C=O) groups is 1. The fraction of sp³-hybridized carbons (Fsp3) is 0.500. The highest BCUT2D eigenvalue weighted by Gasteiger charge is 2.23. The first kappa shape index (κ1) is 12.1. The molecule has 1 amide bonds. The van der Waals surface area contributed by atoms with Crippen LogP contribution in [-0.2, 0) is 15.8 Å². The van der Waals surface area contributed by atoms with E-state index in [0.29, 0.717) is 31.8 Å². The summed E-state index contributed by atoms with van der Waals surface area (Å²) in [6, 6.07) is 0. The predicted octanol–water partition coefficient (Wildman–Crippen LogP) is 0.514. The van der Waals surface area contributed by atoms with Gasteiger partial charge in [-0.3, -0.25) is 4.79 Å². The number of piperazine rings is 1. The molecule has 15 heavy (non-hydrogen) atoms. The van der Waals surface area contributed by atoms with Gasteiger partial charge in [-0.1, -0.05) is 13.2 Å². The summed E-state index contributed by atoms with van der Waals surface area (Å²) in [5.74, 6) is -0.0148. The molecular formula is C10H16N2O2S. The Morgan fingerprint density at radius 3 is 2.27 bits per heavy atom. The Balaban J connectivity index is 2.49. The Kier molecular flexibility index (Phi) is 4.23. The van der Waals surface area contributed by atoms with Gasteiger partial charge in [-0.05, 0) is 6.92 Å². The lowest BCUT2D eigenvalue weighted by Gasteiger charge is -2.33. The number of hydrogen-bond acceptors (Lipinski definition) is 2. The molecule has 1 saturated heterocycles. The summed E-state index contributed by atoms with van der Waals surface area (Å²) in [5.41, 5.74) is 0.549. The van der Waals surface area contributed by atoms with Gasteiger partial charge in [-0.2, -0.15) is 0 Å². The van der Waals surface area contributed by atoms with E-state index in [0.717, 1.165) is 0 Å². The predicted molar refractivity (Wildman–Crippen MR) is 61.3 cm³/mol. The quantitative estimate of drug-likeness (QED) is 0.661. The molecular weight excluding hydrogens is 212 g/mol. The molecule has 0 saturated carbocycles. The number of hydrogen-bond donors (Lipinski definition) is 0. The number of amides is 1. The smallest absolute Gasteiger partial charge is 0.248 e. The Morgan fingerprint density at radius 1 is 1.33 bits per heavy atom. The maximum atomic E-state index is 11.6. The Hall–Kier alpha value is -0.940. The van der Waals surface area contributed by atoms with Crippen molar-refractivity contribution in [3.63, 3.8) is 0 Å². The van der Waals surface area contributed by atoms with Crippen LogP contribution < -0.4 is 0 Å². The average Bonchev–Trinajstić information content (AvgIpc) is 2.27. The lowest BCUT2D eigenvalue weighted by atomic mass is 10.2. The van der Waals surface area contributed by atoms with Crippen molar-refractivity contribution in [3.8, 4) is 0 Å². The molecule has 1 fully saturated rings. The number of carbonyl (C=O) groups excluding carboxylic acids is 1. The van der Waals surface area contributed by atoms with Gasteiger partial charge in [0, 0.05) is 37.2 Å². The fourth-order valence-electron chi connectivity index (χ4n) is 1.45. The summed E-state index contributed by atoms with van der Waals surface area (Å²) < 4.78 is 13.2. The summed E-state index contributed by atoms with van der Waals surface area (Å²) in [4.78, 5) is 13.3. The molecule has 5 heteroatoms. The first-order valence-corrected chi connectivity index (χ1v) is 5.96. The van der Waals surface area contributed by atoms with E-state index in [4.69, 9.17) is 0 Å². The highest BCUT2D eigenvalue weighted by atomic mass is 32.2. The molecule has 4 nitrogen and oxygen atoms in total. The van der Waals surface area contributed by atoms with Crippen LogP contribution in [0.15, 0.2) is 24.1 Å². The minimum atomic E-state index is -1.12. The van der Waals surface area contributed by atoms with E-state index >= 15 is 0 Å². The largest absolute Gasteiger partial charge is 0.336 e. The Labute approximate surface area is 92.8 Å². The molecule has 0 aromatic carbocycles. The van der Waals surface area contributed by atoms with E-state index in [1.165, 1.54) is 5.41 Å². The minimum absolute atomic E-state index is 0.0148. The van der Waals surface area contributed by atoms with Gasteiger partial charge < -0.3 is 4.90 Å². The second-order valence-electron chi connectivity index (χ2n) is 3.44. The van der Waals surface area contributed by atoms with E-state index in [9.17, 15) is 9.00 Å². The summed E-state index contributed by atoms with van der Waals surface area (Å²) >= 11 is 0. The average molecular weight is 228 g/mol. The van der Waals surface area contributed by atoms with E-state index in [1.54, 1.807) is 16.1 Å². The van der Waals surface area contributed by atoms with Gasteiger partial charge in [-0.15, -0.1) is 0 Å². The number of nitrogens with zero attached hydrogens (tertiary/aromatic N) is 2. The third-order valence-electron chi connectivity index (χ3n) is 2.29. The van der Waals surface area contributed by atoms with Crippen LogP contribution in [0.25, 0.3) is 0 Å². The second kappa shape index (κ2) is 5.23. The standard InChI is InChI=1S/C10H16N2O2S/c1-4-15(14)12-7-5-11(6-8-12)10(13)9(2)3/h4H,1-2,5-8H2,3H3. The molecule has 1 heterocycles. The highest BCUT2D eigenvalue weighted by molar-refractivity contribution is 7.85. The Bertz CT molecular complexity index is 307. The molecule has 0 bridgehead atoms. The SMILES string of the molecule is C=CS(=O)N1CCN(C(=O)C(=C)C)CC1. The van der Waals surface area contributed by atoms with Crippen molar-refractivity contribution >= 4 is 16.9 Å². The van der Waals surface area contributed by atoms with Crippen molar-refractivity contribution in [3.05, 3.63) is 24.1 Å². The van der Waals surface area contributed by atoms with Crippen molar-refractivity contribution in [1.82, 2.24) is 9.21 Å².